The second-order valence-corrected chi connectivity index (χ2v) is 4.74. The molecule has 0 amide bonds. The summed E-state index contributed by atoms with van der Waals surface area (Å²) in [5, 5.41) is 11.1. The Bertz CT molecular complexity index is 735. The first-order valence-corrected chi connectivity index (χ1v) is 6.17. The third kappa shape index (κ3) is 2.45. The number of hydrogen-bond donors (Lipinski definition) is 0. The van der Waals surface area contributed by atoms with Gasteiger partial charge in [-0.05, 0) is 26.8 Å². The standard InChI is InChI=1S/C14H15N3O3/c1-9-5-4-6-16(14(9)18)8-12-11(3)13(17(19)20)10(2)7-15-12/h4-7H,8H2,1-3H3. The predicted molar refractivity (Wildman–Crippen MR) is 74.9 cm³/mol. The zero-order valence-electron chi connectivity index (χ0n) is 11.6. The van der Waals surface area contributed by atoms with Gasteiger partial charge in [0.2, 0.25) is 0 Å². The SMILES string of the molecule is Cc1cnc(Cn2cccc(C)c2=O)c(C)c1[N+](=O)[O-]. The van der Waals surface area contributed by atoms with Gasteiger partial charge in [0.1, 0.15) is 0 Å². The first kappa shape index (κ1) is 13.9. The van der Waals surface area contributed by atoms with Gasteiger partial charge in [-0.15, -0.1) is 0 Å². The van der Waals surface area contributed by atoms with Crippen LogP contribution in [0.3, 0.4) is 0 Å². The Morgan fingerprint density at radius 1 is 1.30 bits per heavy atom. The lowest BCUT2D eigenvalue weighted by molar-refractivity contribution is -0.386. The van der Waals surface area contributed by atoms with Gasteiger partial charge in [-0.25, -0.2) is 0 Å². The third-order valence-electron chi connectivity index (χ3n) is 3.29. The molecule has 20 heavy (non-hydrogen) atoms. The fraction of sp³-hybridized carbons (Fsp3) is 0.286. The van der Waals surface area contributed by atoms with Crippen LogP contribution in [-0.2, 0) is 6.54 Å². The molecular weight excluding hydrogens is 258 g/mol. The van der Waals surface area contributed by atoms with E-state index in [0.717, 1.165) is 0 Å². The summed E-state index contributed by atoms with van der Waals surface area (Å²) in [4.78, 5) is 26.9. The number of pyridine rings is 2. The van der Waals surface area contributed by atoms with Crippen molar-refractivity contribution >= 4 is 5.69 Å². The van der Waals surface area contributed by atoms with Crippen LogP contribution in [0, 0.1) is 30.9 Å². The lowest BCUT2D eigenvalue weighted by Gasteiger charge is -2.10. The van der Waals surface area contributed by atoms with Crippen molar-refractivity contribution in [3.8, 4) is 0 Å². The first-order valence-electron chi connectivity index (χ1n) is 6.17. The highest BCUT2D eigenvalue weighted by Crippen LogP contribution is 2.24. The maximum Gasteiger partial charge on any atom is 0.278 e. The number of aromatic nitrogens is 2. The molecular formula is C14H15N3O3. The average molecular weight is 273 g/mol. The van der Waals surface area contributed by atoms with Gasteiger partial charge in [0, 0.05) is 23.5 Å². The number of nitro groups is 1. The zero-order chi connectivity index (χ0) is 14.9. The van der Waals surface area contributed by atoms with Crippen molar-refractivity contribution in [2.24, 2.45) is 0 Å². The minimum absolute atomic E-state index is 0.0655. The molecule has 0 aromatic carbocycles. The van der Waals surface area contributed by atoms with Crippen molar-refractivity contribution in [3.05, 3.63) is 67.4 Å². The van der Waals surface area contributed by atoms with Crippen LogP contribution >= 0.6 is 0 Å². The molecule has 0 N–H and O–H groups in total. The maximum absolute atomic E-state index is 12.0. The summed E-state index contributed by atoms with van der Waals surface area (Å²) >= 11 is 0. The van der Waals surface area contributed by atoms with Gasteiger partial charge in [0.15, 0.2) is 0 Å². The van der Waals surface area contributed by atoms with E-state index in [-0.39, 0.29) is 17.8 Å². The number of nitrogens with zero attached hydrogens (tertiary/aromatic N) is 3. The van der Waals surface area contributed by atoms with Crippen molar-refractivity contribution in [1.29, 1.82) is 0 Å². The molecule has 0 spiro atoms. The molecule has 104 valence electrons. The molecule has 2 rings (SSSR count). The molecule has 6 nitrogen and oxygen atoms in total. The molecule has 0 aliphatic rings. The summed E-state index contributed by atoms with van der Waals surface area (Å²) < 4.78 is 1.50. The van der Waals surface area contributed by atoms with Crippen molar-refractivity contribution in [1.82, 2.24) is 9.55 Å². The van der Waals surface area contributed by atoms with Crippen molar-refractivity contribution < 1.29 is 4.92 Å². The lowest BCUT2D eigenvalue weighted by Crippen LogP contribution is -2.22. The van der Waals surface area contributed by atoms with Crippen molar-refractivity contribution in [2.45, 2.75) is 27.3 Å². The Labute approximate surface area is 115 Å². The summed E-state index contributed by atoms with van der Waals surface area (Å²) in [6, 6.07) is 3.51. The number of rotatable bonds is 3. The molecule has 6 heteroatoms. The molecule has 0 unspecified atom stereocenters. The topological polar surface area (TPSA) is 78.0 Å². The highest BCUT2D eigenvalue weighted by Gasteiger charge is 2.18. The minimum atomic E-state index is -0.408. The largest absolute Gasteiger partial charge is 0.309 e. The number of hydrogen-bond acceptors (Lipinski definition) is 4. The van der Waals surface area contributed by atoms with E-state index < -0.39 is 4.92 Å². The van der Waals surface area contributed by atoms with Crippen LogP contribution in [0.4, 0.5) is 5.69 Å². The van der Waals surface area contributed by atoms with Gasteiger partial charge in [-0.2, -0.15) is 0 Å². The predicted octanol–water partition coefficient (Wildman–Crippen LogP) is 2.13. The summed E-state index contributed by atoms with van der Waals surface area (Å²) in [7, 11) is 0. The van der Waals surface area contributed by atoms with E-state index in [0.29, 0.717) is 22.4 Å². The second kappa shape index (κ2) is 5.24. The smallest absolute Gasteiger partial charge is 0.278 e. The normalized spacial score (nSPS) is 10.6. The van der Waals surface area contributed by atoms with E-state index in [1.807, 2.05) is 0 Å². The molecule has 0 saturated heterocycles. The zero-order valence-corrected chi connectivity index (χ0v) is 11.6. The second-order valence-electron chi connectivity index (χ2n) is 4.74. The van der Waals surface area contributed by atoms with E-state index in [9.17, 15) is 14.9 Å². The van der Waals surface area contributed by atoms with Crippen molar-refractivity contribution in [2.75, 3.05) is 0 Å². The first-order chi connectivity index (χ1) is 9.41. The Hall–Kier alpha value is -2.50. The van der Waals surface area contributed by atoms with Gasteiger partial charge in [0.05, 0.1) is 22.7 Å². The van der Waals surface area contributed by atoms with E-state index in [1.54, 1.807) is 39.1 Å². The fourth-order valence-corrected chi connectivity index (χ4v) is 2.15. The maximum atomic E-state index is 12.0. The minimum Gasteiger partial charge on any atom is -0.309 e. The Morgan fingerprint density at radius 2 is 2.00 bits per heavy atom. The molecule has 2 aromatic heterocycles. The van der Waals surface area contributed by atoms with E-state index in [1.165, 1.54) is 10.8 Å². The van der Waals surface area contributed by atoms with Crippen molar-refractivity contribution in [3.63, 3.8) is 0 Å². The summed E-state index contributed by atoms with van der Waals surface area (Å²) in [5.41, 5.74) is 2.14. The number of aryl methyl sites for hydroxylation is 2. The highest BCUT2D eigenvalue weighted by atomic mass is 16.6. The molecule has 0 saturated carbocycles. The Balaban J connectivity index is 2.50. The van der Waals surface area contributed by atoms with E-state index >= 15 is 0 Å². The van der Waals surface area contributed by atoms with Crippen LogP contribution < -0.4 is 5.56 Å². The summed E-state index contributed by atoms with van der Waals surface area (Å²) in [6.45, 7) is 5.28. The van der Waals surface area contributed by atoms with Gasteiger partial charge in [-0.3, -0.25) is 19.9 Å². The molecule has 0 atom stereocenters. The van der Waals surface area contributed by atoms with Crippen LogP contribution in [0.15, 0.2) is 29.3 Å². The summed E-state index contributed by atoms with van der Waals surface area (Å²) in [5.74, 6) is 0. The molecule has 2 heterocycles. The Kier molecular flexibility index (Phi) is 3.65. The quantitative estimate of drug-likeness (QED) is 0.634. The Morgan fingerprint density at radius 3 is 2.65 bits per heavy atom. The van der Waals surface area contributed by atoms with E-state index in [2.05, 4.69) is 4.98 Å². The molecule has 2 aromatic rings. The third-order valence-corrected chi connectivity index (χ3v) is 3.29. The molecule has 0 fully saturated rings. The molecule has 0 aliphatic heterocycles. The highest BCUT2D eigenvalue weighted by molar-refractivity contribution is 5.47. The van der Waals surface area contributed by atoms with Crippen LogP contribution in [0.1, 0.15) is 22.4 Å². The lowest BCUT2D eigenvalue weighted by atomic mass is 10.1. The average Bonchev–Trinajstić information content (AvgIpc) is 2.37. The fourth-order valence-electron chi connectivity index (χ4n) is 2.15. The molecule has 0 bridgehead atoms. The summed E-state index contributed by atoms with van der Waals surface area (Å²) in [6.07, 6.45) is 3.13. The van der Waals surface area contributed by atoms with Crippen LogP contribution in [-0.4, -0.2) is 14.5 Å². The van der Waals surface area contributed by atoms with Crippen LogP contribution in [0.2, 0.25) is 0 Å². The van der Waals surface area contributed by atoms with Gasteiger partial charge >= 0.3 is 0 Å². The van der Waals surface area contributed by atoms with Crippen LogP contribution in [0.25, 0.3) is 0 Å². The molecule has 0 radical (unpaired) electrons. The van der Waals surface area contributed by atoms with Gasteiger partial charge < -0.3 is 4.57 Å². The van der Waals surface area contributed by atoms with Gasteiger partial charge in [-0.1, -0.05) is 6.07 Å². The monoisotopic (exact) mass is 273 g/mol. The molecule has 0 aliphatic carbocycles. The van der Waals surface area contributed by atoms with Crippen LogP contribution in [0.5, 0.6) is 0 Å². The van der Waals surface area contributed by atoms with Gasteiger partial charge in [0.25, 0.3) is 11.2 Å². The van der Waals surface area contributed by atoms with E-state index in [4.69, 9.17) is 0 Å².